The molecule has 0 saturated carbocycles. The fraction of sp³-hybridized carbons (Fsp3) is 0.208. The number of phenols is 1. The molecule has 0 unspecified atom stereocenters. The minimum Gasteiger partial charge on any atom is -0.508 e. The van der Waals surface area contributed by atoms with Crippen LogP contribution < -0.4 is 0 Å². The molecule has 1 N–H and O–H groups in total. The summed E-state index contributed by atoms with van der Waals surface area (Å²) in [5.74, 6) is 0.312. The molecule has 0 amide bonds. The number of nitrogens with zero attached hydrogens (tertiary/aromatic N) is 1. The minimum atomic E-state index is 0.124. The van der Waals surface area contributed by atoms with Crippen molar-refractivity contribution in [2.24, 2.45) is 0 Å². The third-order valence-electron chi connectivity index (χ3n) is 5.24. The van der Waals surface area contributed by atoms with Gasteiger partial charge in [0.05, 0.1) is 6.54 Å². The molecule has 3 nitrogen and oxygen atoms in total. The van der Waals surface area contributed by atoms with Gasteiger partial charge in [0.15, 0.2) is 5.78 Å². The topological polar surface area (TPSA) is 42.2 Å². The number of aryl methyl sites for hydroxylation is 2. The molecular formula is C24H23NO2S. The summed E-state index contributed by atoms with van der Waals surface area (Å²) in [6.45, 7) is 4.80. The molecule has 4 aromatic rings. The summed E-state index contributed by atoms with van der Waals surface area (Å²) in [5, 5.41) is 12.9. The van der Waals surface area contributed by atoms with Crippen molar-refractivity contribution in [2.75, 3.05) is 0 Å². The molecule has 0 fully saturated rings. The first-order valence-electron chi connectivity index (χ1n) is 9.46. The van der Waals surface area contributed by atoms with E-state index in [9.17, 15) is 9.90 Å². The van der Waals surface area contributed by atoms with Crippen LogP contribution in [0.5, 0.6) is 5.75 Å². The van der Waals surface area contributed by atoms with Gasteiger partial charge >= 0.3 is 0 Å². The Bertz CT molecular complexity index is 1120. The van der Waals surface area contributed by atoms with Crippen molar-refractivity contribution in [1.82, 2.24) is 4.57 Å². The predicted molar refractivity (Wildman–Crippen MR) is 116 cm³/mol. The van der Waals surface area contributed by atoms with Crippen LogP contribution >= 0.6 is 11.3 Å². The maximum Gasteiger partial charge on any atom is 0.165 e. The number of Topliss-reactive ketones (excluding diaryl/α,β-unsaturated/α-hetero) is 1. The van der Waals surface area contributed by atoms with Crippen LogP contribution in [0.1, 0.15) is 38.5 Å². The van der Waals surface area contributed by atoms with Crippen LogP contribution in [-0.4, -0.2) is 15.5 Å². The van der Waals surface area contributed by atoms with E-state index in [1.54, 1.807) is 23.5 Å². The smallest absolute Gasteiger partial charge is 0.165 e. The number of rotatable bonds is 6. The summed E-state index contributed by atoms with van der Waals surface area (Å²) in [4.78, 5) is 14.4. The standard InChI is InChI=1S/C24H23NO2S/c1-16-5-7-18(8-6-16)9-12-23(27)24-17(2)25(15-20-4-3-13-28-20)22-11-10-19(26)14-21(22)24/h3-8,10-11,13-14,26H,9,12,15H2,1-2H3. The van der Waals surface area contributed by atoms with Crippen LogP contribution in [0.4, 0.5) is 0 Å². The fourth-order valence-electron chi connectivity index (χ4n) is 3.72. The number of hydrogen-bond acceptors (Lipinski definition) is 3. The number of carbonyl (C=O) groups is 1. The Kier molecular flexibility index (Phi) is 5.05. The van der Waals surface area contributed by atoms with Gasteiger partial charge in [-0.3, -0.25) is 4.79 Å². The van der Waals surface area contributed by atoms with Crippen LogP contribution in [0.15, 0.2) is 60.0 Å². The van der Waals surface area contributed by atoms with E-state index in [4.69, 9.17) is 0 Å². The predicted octanol–water partition coefficient (Wildman–Crippen LogP) is 5.89. The highest BCUT2D eigenvalue weighted by atomic mass is 32.1. The number of ketones is 1. The molecule has 0 aliphatic carbocycles. The third-order valence-corrected chi connectivity index (χ3v) is 6.10. The van der Waals surface area contributed by atoms with Gasteiger partial charge in [0.1, 0.15) is 5.75 Å². The number of hydrogen-bond donors (Lipinski definition) is 1. The second-order valence-corrected chi connectivity index (χ2v) is 8.27. The summed E-state index contributed by atoms with van der Waals surface area (Å²) >= 11 is 1.71. The van der Waals surface area contributed by atoms with E-state index in [1.165, 1.54) is 16.0 Å². The quantitative estimate of drug-likeness (QED) is 0.418. The van der Waals surface area contributed by atoms with E-state index >= 15 is 0 Å². The molecule has 0 bridgehead atoms. The average Bonchev–Trinajstić information content (AvgIpc) is 3.28. The van der Waals surface area contributed by atoms with Crippen molar-refractivity contribution in [2.45, 2.75) is 33.2 Å². The highest BCUT2D eigenvalue weighted by Gasteiger charge is 2.20. The van der Waals surface area contributed by atoms with Crippen molar-refractivity contribution in [3.8, 4) is 5.75 Å². The minimum absolute atomic E-state index is 0.124. The monoisotopic (exact) mass is 389 g/mol. The number of fused-ring (bicyclic) bond motifs is 1. The first kappa shape index (κ1) is 18.5. The molecular weight excluding hydrogens is 366 g/mol. The highest BCUT2D eigenvalue weighted by Crippen LogP contribution is 2.31. The lowest BCUT2D eigenvalue weighted by molar-refractivity contribution is 0.0983. The van der Waals surface area contributed by atoms with E-state index < -0.39 is 0 Å². The maximum atomic E-state index is 13.2. The van der Waals surface area contributed by atoms with Crippen molar-refractivity contribution in [3.63, 3.8) is 0 Å². The van der Waals surface area contributed by atoms with E-state index in [1.807, 2.05) is 19.1 Å². The first-order valence-corrected chi connectivity index (χ1v) is 10.3. The molecule has 2 aromatic carbocycles. The van der Waals surface area contributed by atoms with Gasteiger partial charge < -0.3 is 9.67 Å². The lowest BCUT2D eigenvalue weighted by Crippen LogP contribution is -2.05. The summed E-state index contributed by atoms with van der Waals surface area (Å²) in [7, 11) is 0. The van der Waals surface area contributed by atoms with Crippen molar-refractivity contribution in [3.05, 3.63) is 87.2 Å². The van der Waals surface area contributed by atoms with Crippen LogP contribution in [0.25, 0.3) is 10.9 Å². The van der Waals surface area contributed by atoms with Crippen LogP contribution in [0.3, 0.4) is 0 Å². The van der Waals surface area contributed by atoms with Gasteiger partial charge in [-0.1, -0.05) is 35.9 Å². The molecule has 0 spiro atoms. The zero-order valence-corrected chi connectivity index (χ0v) is 16.9. The van der Waals surface area contributed by atoms with E-state index in [-0.39, 0.29) is 11.5 Å². The second-order valence-electron chi connectivity index (χ2n) is 7.24. The lowest BCUT2D eigenvalue weighted by atomic mass is 10.00. The van der Waals surface area contributed by atoms with Gasteiger partial charge in [-0.2, -0.15) is 0 Å². The van der Waals surface area contributed by atoms with Crippen molar-refractivity contribution < 1.29 is 9.90 Å². The number of thiophene rings is 1. The SMILES string of the molecule is Cc1ccc(CCC(=O)c2c(C)n(Cc3cccs3)c3ccc(O)cc23)cc1. The van der Waals surface area contributed by atoms with Gasteiger partial charge in [-0.25, -0.2) is 0 Å². The van der Waals surface area contributed by atoms with Gasteiger partial charge in [-0.05, 0) is 55.5 Å². The van der Waals surface area contributed by atoms with Crippen LogP contribution in [-0.2, 0) is 13.0 Å². The van der Waals surface area contributed by atoms with Gasteiger partial charge in [-0.15, -0.1) is 11.3 Å². The van der Waals surface area contributed by atoms with Crippen molar-refractivity contribution >= 4 is 28.0 Å². The Hall–Kier alpha value is -2.85. The Balaban J connectivity index is 1.68. The molecule has 0 radical (unpaired) electrons. The largest absolute Gasteiger partial charge is 0.508 e. The van der Waals surface area contributed by atoms with Crippen LogP contribution in [0.2, 0.25) is 0 Å². The number of aromatic nitrogens is 1. The lowest BCUT2D eigenvalue weighted by Gasteiger charge is -2.07. The van der Waals surface area contributed by atoms with E-state index in [0.717, 1.165) is 35.1 Å². The molecule has 28 heavy (non-hydrogen) atoms. The fourth-order valence-corrected chi connectivity index (χ4v) is 4.41. The van der Waals surface area contributed by atoms with Crippen molar-refractivity contribution in [1.29, 1.82) is 0 Å². The van der Waals surface area contributed by atoms with Gasteiger partial charge in [0.2, 0.25) is 0 Å². The Morgan fingerprint density at radius 3 is 2.57 bits per heavy atom. The maximum absolute atomic E-state index is 13.2. The molecule has 0 atom stereocenters. The van der Waals surface area contributed by atoms with E-state index in [2.05, 4.69) is 47.2 Å². The van der Waals surface area contributed by atoms with Gasteiger partial charge in [0, 0.05) is 33.5 Å². The summed E-state index contributed by atoms with van der Waals surface area (Å²) in [6, 6.07) is 17.8. The zero-order valence-electron chi connectivity index (χ0n) is 16.1. The summed E-state index contributed by atoms with van der Waals surface area (Å²) in [6.07, 6.45) is 1.17. The second kappa shape index (κ2) is 7.64. The Morgan fingerprint density at radius 1 is 1.07 bits per heavy atom. The average molecular weight is 390 g/mol. The molecule has 0 aliphatic rings. The van der Waals surface area contributed by atoms with E-state index in [0.29, 0.717) is 6.42 Å². The normalized spacial score (nSPS) is 11.2. The number of carbonyl (C=O) groups excluding carboxylic acids is 1. The Morgan fingerprint density at radius 2 is 1.86 bits per heavy atom. The zero-order chi connectivity index (χ0) is 19.7. The number of phenolic OH excluding ortho intramolecular Hbond substituents is 1. The number of benzene rings is 2. The molecule has 0 saturated heterocycles. The Labute approximate surface area is 168 Å². The summed E-state index contributed by atoms with van der Waals surface area (Å²) in [5.41, 5.74) is 5.07. The molecule has 0 aliphatic heterocycles. The molecule has 2 heterocycles. The molecule has 2 aromatic heterocycles. The third kappa shape index (κ3) is 3.60. The van der Waals surface area contributed by atoms with Gasteiger partial charge in [0.25, 0.3) is 0 Å². The molecule has 4 rings (SSSR count). The molecule has 142 valence electrons. The number of aromatic hydroxyl groups is 1. The molecule has 4 heteroatoms. The van der Waals surface area contributed by atoms with Crippen LogP contribution in [0, 0.1) is 13.8 Å². The summed E-state index contributed by atoms with van der Waals surface area (Å²) < 4.78 is 2.18. The highest BCUT2D eigenvalue weighted by molar-refractivity contribution is 7.09. The first-order chi connectivity index (χ1) is 13.5.